The van der Waals surface area contributed by atoms with Crippen LogP contribution in [-0.2, 0) is 24.1 Å². The summed E-state index contributed by atoms with van der Waals surface area (Å²) >= 11 is 0. The highest BCUT2D eigenvalue weighted by molar-refractivity contribution is 8.13. The van der Waals surface area contributed by atoms with E-state index in [1.54, 1.807) is 20.4 Å². The molecule has 1 unspecified atom stereocenters. The molecule has 35 heavy (non-hydrogen) atoms. The van der Waals surface area contributed by atoms with Gasteiger partial charge in [-0.1, -0.05) is 12.1 Å². The molecule has 0 saturated carbocycles. The van der Waals surface area contributed by atoms with Crippen molar-refractivity contribution in [3.8, 4) is 17.0 Å². The van der Waals surface area contributed by atoms with Crippen molar-refractivity contribution in [1.82, 2.24) is 19.5 Å². The van der Waals surface area contributed by atoms with Crippen molar-refractivity contribution < 1.29 is 14.3 Å². The summed E-state index contributed by atoms with van der Waals surface area (Å²) in [5.41, 5.74) is 4.89. The molecule has 0 radical (unpaired) electrons. The largest absolute Gasteiger partial charge is 0.481 e. The first kappa shape index (κ1) is 24.9. The maximum atomic E-state index is 13.2. The van der Waals surface area contributed by atoms with Gasteiger partial charge in [-0.25, -0.2) is 9.78 Å². The van der Waals surface area contributed by atoms with E-state index in [1.165, 1.54) is 11.1 Å². The fourth-order valence-electron chi connectivity index (χ4n) is 4.21. The second-order valence-electron chi connectivity index (χ2n) is 9.01. The number of methoxy groups -OCH3 is 2. The number of rotatable bonds is 8. The Labute approximate surface area is 209 Å². The Balaban J connectivity index is 1.57. The van der Waals surface area contributed by atoms with Crippen molar-refractivity contribution in [2.75, 3.05) is 19.5 Å². The Morgan fingerprint density at radius 2 is 2.06 bits per heavy atom. The number of carbonyl (C=O) groups excluding carboxylic acids is 1. The van der Waals surface area contributed by atoms with Crippen LogP contribution in [-0.4, -0.2) is 46.0 Å². The summed E-state index contributed by atoms with van der Waals surface area (Å²) in [4.78, 5) is 17.4. The molecule has 2 N–H and O–H groups in total. The van der Waals surface area contributed by atoms with Crippen LogP contribution in [0.3, 0.4) is 0 Å². The van der Waals surface area contributed by atoms with E-state index >= 15 is 0 Å². The van der Waals surface area contributed by atoms with Crippen LogP contribution in [0.2, 0.25) is 0 Å². The molecule has 2 amide bonds. The van der Waals surface area contributed by atoms with Gasteiger partial charge in [0.25, 0.3) is 0 Å². The summed E-state index contributed by atoms with van der Waals surface area (Å²) in [5, 5.41) is 10.6. The predicted octanol–water partition coefficient (Wildman–Crippen LogP) is 5.05. The monoisotopic (exact) mass is 495 g/mol. The molecule has 1 aliphatic carbocycles. The highest BCUT2D eigenvalue weighted by atomic mass is 32.2. The van der Waals surface area contributed by atoms with Gasteiger partial charge in [-0.05, 0) is 84.9 Å². The van der Waals surface area contributed by atoms with Gasteiger partial charge in [0.05, 0.1) is 24.9 Å². The molecule has 1 aliphatic rings. The van der Waals surface area contributed by atoms with E-state index in [0.717, 1.165) is 41.1 Å². The summed E-state index contributed by atoms with van der Waals surface area (Å²) in [5.74, 6) is 0.535. The van der Waals surface area contributed by atoms with E-state index in [1.807, 2.05) is 55.2 Å². The van der Waals surface area contributed by atoms with Crippen LogP contribution in [0, 0.1) is 0 Å². The number of carbonyl (C=O) groups is 1. The highest BCUT2D eigenvalue weighted by Gasteiger charge is 2.22. The minimum Gasteiger partial charge on any atom is -0.481 e. The normalized spacial score (nSPS) is 14.0. The third kappa shape index (κ3) is 5.74. The minimum atomic E-state index is -0.652. The Bertz CT molecular complexity index is 1250. The maximum Gasteiger partial charge on any atom is 0.329 e. The number of ether oxygens (including phenoxy) is 2. The summed E-state index contributed by atoms with van der Waals surface area (Å²) in [6.45, 7) is 6.57. The lowest BCUT2D eigenvalue weighted by atomic mass is 9.98. The molecule has 1 atom stereocenters. The average Bonchev–Trinajstić information content (AvgIpc) is 3.52. The van der Waals surface area contributed by atoms with Gasteiger partial charge in [-0.3, -0.25) is 9.40 Å². The lowest BCUT2D eigenvalue weighted by Crippen LogP contribution is -2.29. The molecule has 3 aromatic rings. The quantitative estimate of drug-likeness (QED) is 0.427. The number of hydrogen-bond acceptors (Lipinski definition) is 5. The van der Waals surface area contributed by atoms with Gasteiger partial charge >= 0.3 is 6.03 Å². The number of urea groups is 1. The molecule has 9 heteroatoms. The van der Waals surface area contributed by atoms with Crippen molar-refractivity contribution in [3.63, 3.8) is 0 Å². The number of aromatic nitrogens is 3. The number of fused-ring (bicyclic) bond motifs is 1. The van der Waals surface area contributed by atoms with Gasteiger partial charge in [0.1, 0.15) is 5.03 Å². The van der Waals surface area contributed by atoms with Crippen LogP contribution in [0.4, 0.5) is 10.5 Å². The molecule has 0 bridgehead atoms. The SMILES string of the molecule is C/C=S(/NC(=O)Nc1c(-c2ccnc(OC)c2)ccc2c1CCC2)c1ccn(CC(C)(C)OC)n1. The molecule has 0 spiro atoms. The van der Waals surface area contributed by atoms with E-state index in [2.05, 4.69) is 32.3 Å². The number of anilines is 1. The molecule has 1 aromatic carbocycles. The zero-order valence-corrected chi connectivity index (χ0v) is 21.7. The standard InChI is InChI=1S/C26H33N5O3S/c1-6-35(23-13-15-31(29-23)17-26(2,3)34-5)30-25(32)28-24-20-9-7-8-18(20)10-11-21(24)19-12-14-27-22(16-19)33-4/h6,10-16H,7-9,17H2,1-5H3,(H2,28,30,32). The van der Waals surface area contributed by atoms with Gasteiger partial charge in [-0.2, -0.15) is 5.10 Å². The van der Waals surface area contributed by atoms with Crippen LogP contribution in [0.15, 0.2) is 47.8 Å². The predicted molar refractivity (Wildman–Crippen MR) is 141 cm³/mol. The second kappa shape index (κ2) is 10.6. The topological polar surface area (TPSA) is 90.3 Å². The van der Waals surface area contributed by atoms with Crippen LogP contribution in [0.1, 0.15) is 38.3 Å². The Morgan fingerprint density at radius 1 is 1.23 bits per heavy atom. The fraction of sp³-hybridized carbons (Fsp3) is 0.385. The van der Waals surface area contributed by atoms with E-state index in [0.29, 0.717) is 12.4 Å². The Hall–Kier alpha value is -3.17. The van der Waals surface area contributed by atoms with Crippen LogP contribution >= 0.6 is 10.7 Å². The third-order valence-electron chi connectivity index (χ3n) is 6.15. The van der Waals surface area contributed by atoms with E-state index < -0.39 is 10.7 Å². The van der Waals surface area contributed by atoms with Crippen LogP contribution in [0.5, 0.6) is 5.88 Å². The summed E-state index contributed by atoms with van der Waals surface area (Å²) in [6.07, 6.45) is 6.67. The first-order chi connectivity index (χ1) is 16.8. The summed E-state index contributed by atoms with van der Waals surface area (Å²) < 4.78 is 15.8. The molecular weight excluding hydrogens is 462 g/mol. The summed E-state index contributed by atoms with van der Waals surface area (Å²) in [7, 11) is 2.64. The first-order valence-electron chi connectivity index (χ1n) is 11.7. The van der Waals surface area contributed by atoms with Crippen molar-refractivity contribution in [1.29, 1.82) is 0 Å². The molecule has 0 fully saturated rings. The van der Waals surface area contributed by atoms with E-state index in [-0.39, 0.29) is 11.6 Å². The maximum absolute atomic E-state index is 13.2. The minimum absolute atomic E-state index is 0.263. The van der Waals surface area contributed by atoms with E-state index in [4.69, 9.17) is 9.47 Å². The lowest BCUT2D eigenvalue weighted by Gasteiger charge is -2.22. The molecule has 8 nitrogen and oxygen atoms in total. The van der Waals surface area contributed by atoms with Crippen molar-refractivity contribution in [2.24, 2.45) is 0 Å². The lowest BCUT2D eigenvalue weighted by molar-refractivity contribution is 0.00517. The Morgan fingerprint density at radius 3 is 2.80 bits per heavy atom. The van der Waals surface area contributed by atoms with Gasteiger partial charge < -0.3 is 14.8 Å². The highest BCUT2D eigenvalue weighted by Crippen LogP contribution is 2.38. The molecule has 2 heterocycles. The molecule has 4 rings (SSSR count). The van der Waals surface area contributed by atoms with E-state index in [9.17, 15) is 4.79 Å². The van der Waals surface area contributed by atoms with Crippen molar-refractivity contribution in [3.05, 3.63) is 53.9 Å². The van der Waals surface area contributed by atoms with Gasteiger partial charge in [0.2, 0.25) is 5.88 Å². The number of amides is 2. The molecular formula is C26H33N5O3S. The number of hydrogen-bond donors (Lipinski definition) is 2. The van der Waals surface area contributed by atoms with Gasteiger partial charge in [-0.15, -0.1) is 0 Å². The second-order valence-corrected chi connectivity index (χ2v) is 10.8. The van der Waals surface area contributed by atoms with Crippen molar-refractivity contribution >= 4 is 27.8 Å². The van der Waals surface area contributed by atoms with Crippen molar-refractivity contribution in [2.45, 2.75) is 57.2 Å². The number of pyridine rings is 1. The zero-order valence-electron chi connectivity index (χ0n) is 20.9. The average molecular weight is 496 g/mol. The number of nitrogens with one attached hydrogen (secondary N) is 2. The van der Waals surface area contributed by atoms with Gasteiger partial charge in [0.15, 0.2) is 0 Å². The molecule has 186 valence electrons. The summed E-state index contributed by atoms with van der Waals surface area (Å²) in [6, 6.07) is 9.72. The third-order valence-corrected chi connectivity index (χ3v) is 7.70. The zero-order chi connectivity index (χ0) is 25.0. The smallest absolute Gasteiger partial charge is 0.329 e. The van der Waals surface area contributed by atoms with Crippen LogP contribution in [0.25, 0.3) is 11.1 Å². The molecule has 0 saturated heterocycles. The number of aryl methyl sites for hydroxylation is 1. The molecule has 2 aromatic heterocycles. The number of nitrogens with zero attached hydrogens (tertiary/aromatic N) is 3. The number of benzene rings is 1. The Kier molecular flexibility index (Phi) is 7.57. The van der Waals surface area contributed by atoms with Gasteiger partial charge in [0, 0.05) is 31.1 Å². The first-order valence-corrected chi connectivity index (χ1v) is 13.0. The molecule has 0 aliphatic heterocycles. The van der Waals surface area contributed by atoms with Crippen LogP contribution < -0.4 is 14.8 Å². The fourth-order valence-corrected chi connectivity index (χ4v) is 5.33.